The molecule has 100 valence electrons. The van der Waals surface area contributed by atoms with Crippen LogP contribution in [0.2, 0.25) is 0 Å². The van der Waals surface area contributed by atoms with Crippen molar-refractivity contribution >= 4 is 17.9 Å². The number of carbonyl (C=O) groups is 3. The van der Waals surface area contributed by atoms with Crippen molar-refractivity contribution in [2.24, 2.45) is 5.92 Å². The highest BCUT2D eigenvalue weighted by atomic mass is 16.4. The number of nitrogens with zero attached hydrogens (tertiary/aromatic N) is 1. The molecule has 7 nitrogen and oxygen atoms in total. The summed E-state index contributed by atoms with van der Waals surface area (Å²) in [6.45, 7) is 1.46. The van der Waals surface area contributed by atoms with Crippen molar-refractivity contribution in [2.75, 3.05) is 19.6 Å². The molecule has 2 aliphatic heterocycles. The molecule has 3 N–H and O–H groups in total. The number of carboxylic acid groups (broad SMARTS) is 1. The molecule has 2 aliphatic rings. The molecule has 1 atom stereocenters. The first-order chi connectivity index (χ1) is 8.54. The first-order valence-electron chi connectivity index (χ1n) is 6.08. The van der Waals surface area contributed by atoms with Gasteiger partial charge in [0, 0.05) is 38.0 Å². The summed E-state index contributed by atoms with van der Waals surface area (Å²) in [4.78, 5) is 34.8. The zero-order chi connectivity index (χ0) is 13.1. The second-order valence-corrected chi connectivity index (χ2v) is 4.86. The first kappa shape index (κ1) is 12.7. The Morgan fingerprint density at radius 2 is 2.17 bits per heavy atom. The van der Waals surface area contributed by atoms with E-state index in [2.05, 4.69) is 10.6 Å². The molecule has 1 unspecified atom stereocenters. The molecule has 18 heavy (non-hydrogen) atoms. The molecule has 0 aromatic heterocycles. The van der Waals surface area contributed by atoms with Crippen molar-refractivity contribution in [1.29, 1.82) is 0 Å². The molecule has 7 heteroatoms. The molecule has 2 heterocycles. The lowest BCUT2D eigenvalue weighted by Gasteiger charge is -2.39. The van der Waals surface area contributed by atoms with Gasteiger partial charge < -0.3 is 20.6 Å². The van der Waals surface area contributed by atoms with Crippen molar-refractivity contribution in [2.45, 2.75) is 25.3 Å². The van der Waals surface area contributed by atoms with Crippen molar-refractivity contribution in [1.82, 2.24) is 15.5 Å². The zero-order valence-corrected chi connectivity index (χ0v) is 10.0. The topological polar surface area (TPSA) is 98.7 Å². The Kier molecular flexibility index (Phi) is 3.69. The van der Waals surface area contributed by atoms with Crippen LogP contribution in [0.3, 0.4) is 0 Å². The number of urea groups is 1. The van der Waals surface area contributed by atoms with Crippen molar-refractivity contribution in [3.8, 4) is 0 Å². The summed E-state index contributed by atoms with van der Waals surface area (Å²) in [5.74, 6) is -0.736. The molecular weight excluding hydrogens is 238 g/mol. The zero-order valence-electron chi connectivity index (χ0n) is 10.0. The molecule has 0 aromatic rings. The highest BCUT2D eigenvalue weighted by Crippen LogP contribution is 2.19. The Balaban J connectivity index is 1.67. The van der Waals surface area contributed by atoms with Gasteiger partial charge in [-0.3, -0.25) is 9.59 Å². The maximum atomic E-state index is 11.8. The summed E-state index contributed by atoms with van der Waals surface area (Å²) in [6.07, 6.45) is 1.21. The van der Waals surface area contributed by atoms with Crippen LogP contribution in [0, 0.1) is 5.92 Å². The third-order valence-corrected chi connectivity index (χ3v) is 3.30. The Bertz CT molecular complexity index is 355. The third-order valence-electron chi connectivity index (χ3n) is 3.30. The lowest BCUT2D eigenvalue weighted by atomic mass is 9.97. The van der Waals surface area contributed by atoms with Crippen molar-refractivity contribution in [3.63, 3.8) is 0 Å². The summed E-state index contributed by atoms with van der Waals surface area (Å²) < 4.78 is 0. The second kappa shape index (κ2) is 5.24. The van der Waals surface area contributed by atoms with Gasteiger partial charge in [-0.15, -0.1) is 0 Å². The van der Waals surface area contributed by atoms with Gasteiger partial charge in [0.1, 0.15) is 0 Å². The average Bonchev–Trinajstić information content (AvgIpc) is 2.25. The predicted octanol–water partition coefficient (Wildman–Crippen LogP) is -0.619. The Morgan fingerprint density at radius 1 is 1.44 bits per heavy atom. The maximum Gasteiger partial charge on any atom is 0.317 e. The molecule has 0 aromatic carbocycles. The van der Waals surface area contributed by atoms with Gasteiger partial charge in [0.2, 0.25) is 5.91 Å². The van der Waals surface area contributed by atoms with Crippen LogP contribution in [0.1, 0.15) is 19.3 Å². The lowest BCUT2D eigenvalue weighted by Crippen LogP contribution is -2.58. The minimum Gasteiger partial charge on any atom is -0.481 e. The molecule has 0 spiro atoms. The number of hydrogen-bond donors (Lipinski definition) is 3. The minimum absolute atomic E-state index is 0.0194. The number of nitrogens with one attached hydrogen (secondary N) is 2. The van der Waals surface area contributed by atoms with E-state index in [9.17, 15) is 14.4 Å². The van der Waals surface area contributed by atoms with Gasteiger partial charge in [-0.2, -0.15) is 0 Å². The number of aliphatic carboxylic acids is 1. The largest absolute Gasteiger partial charge is 0.481 e. The Labute approximate surface area is 105 Å². The summed E-state index contributed by atoms with van der Waals surface area (Å²) >= 11 is 0. The third kappa shape index (κ3) is 3.12. The van der Waals surface area contributed by atoms with E-state index in [0.29, 0.717) is 32.5 Å². The van der Waals surface area contributed by atoms with Crippen LogP contribution in [0.25, 0.3) is 0 Å². The van der Waals surface area contributed by atoms with Crippen LogP contribution in [-0.4, -0.2) is 53.6 Å². The number of amides is 3. The number of rotatable bonds is 3. The number of likely N-dealkylation sites (tertiary alicyclic amines) is 1. The molecule has 2 fully saturated rings. The normalized spacial score (nSPS) is 24.1. The van der Waals surface area contributed by atoms with E-state index in [4.69, 9.17) is 5.11 Å². The van der Waals surface area contributed by atoms with Gasteiger partial charge in [-0.25, -0.2) is 4.79 Å². The van der Waals surface area contributed by atoms with Crippen LogP contribution < -0.4 is 10.6 Å². The monoisotopic (exact) mass is 255 g/mol. The standard InChI is InChI=1S/C11H17N3O4/c15-9-2-1-8(4-12-9)13-11(18)14-5-7(6-14)3-10(16)17/h7-8H,1-6H2,(H,12,15)(H,13,18)(H,16,17). The molecule has 3 amide bonds. The van der Waals surface area contributed by atoms with E-state index >= 15 is 0 Å². The molecule has 2 rings (SSSR count). The van der Waals surface area contributed by atoms with Gasteiger partial charge in [-0.1, -0.05) is 0 Å². The van der Waals surface area contributed by atoms with Crippen LogP contribution in [0.15, 0.2) is 0 Å². The molecule has 0 bridgehead atoms. The molecule has 2 saturated heterocycles. The Morgan fingerprint density at radius 3 is 2.72 bits per heavy atom. The Hall–Kier alpha value is -1.79. The number of carbonyl (C=O) groups excluding carboxylic acids is 2. The van der Waals surface area contributed by atoms with Gasteiger partial charge in [0.25, 0.3) is 0 Å². The lowest BCUT2D eigenvalue weighted by molar-refractivity contribution is -0.139. The van der Waals surface area contributed by atoms with Crippen molar-refractivity contribution in [3.05, 3.63) is 0 Å². The molecule has 0 radical (unpaired) electrons. The summed E-state index contributed by atoms with van der Waals surface area (Å²) in [6, 6.07) is -0.188. The number of carboxylic acids is 1. The fraction of sp³-hybridized carbons (Fsp3) is 0.727. The van der Waals surface area contributed by atoms with Crippen LogP contribution in [0.5, 0.6) is 0 Å². The minimum atomic E-state index is -0.824. The SMILES string of the molecule is O=C(O)CC1CN(C(=O)NC2CCC(=O)NC2)C1. The first-order valence-corrected chi connectivity index (χ1v) is 6.08. The van der Waals surface area contributed by atoms with Crippen LogP contribution in [0.4, 0.5) is 4.79 Å². The number of hydrogen-bond acceptors (Lipinski definition) is 3. The van der Waals surface area contributed by atoms with Crippen molar-refractivity contribution < 1.29 is 19.5 Å². The van der Waals surface area contributed by atoms with E-state index in [1.165, 1.54) is 0 Å². The summed E-state index contributed by atoms with van der Waals surface area (Å²) in [7, 11) is 0. The van der Waals surface area contributed by atoms with Crippen LogP contribution in [-0.2, 0) is 9.59 Å². The van der Waals surface area contributed by atoms with E-state index in [1.54, 1.807) is 4.90 Å². The van der Waals surface area contributed by atoms with Gasteiger partial charge >= 0.3 is 12.0 Å². The fourth-order valence-electron chi connectivity index (χ4n) is 2.23. The van der Waals surface area contributed by atoms with Gasteiger partial charge in [0.15, 0.2) is 0 Å². The van der Waals surface area contributed by atoms with E-state index in [-0.39, 0.29) is 30.3 Å². The van der Waals surface area contributed by atoms with Gasteiger partial charge in [-0.05, 0) is 6.42 Å². The van der Waals surface area contributed by atoms with E-state index < -0.39 is 5.97 Å². The highest BCUT2D eigenvalue weighted by Gasteiger charge is 2.33. The second-order valence-electron chi connectivity index (χ2n) is 4.86. The molecular formula is C11H17N3O4. The molecule has 0 saturated carbocycles. The van der Waals surface area contributed by atoms with E-state index in [0.717, 1.165) is 0 Å². The van der Waals surface area contributed by atoms with Crippen LogP contribution >= 0.6 is 0 Å². The quantitative estimate of drug-likeness (QED) is 0.626. The van der Waals surface area contributed by atoms with E-state index in [1.807, 2.05) is 0 Å². The maximum absolute atomic E-state index is 11.8. The predicted molar refractivity (Wildman–Crippen MR) is 61.9 cm³/mol. The molecule has 0 aliphatic carbocycles. The highest BCUT2D eigenvalue weighted by molar-refractivity contribution is 5.78. The fourth-order valence-corrected chi connectivity index (χ4v) is 2.23. The van der Waals surface area contributed by atoms with Gasteiger partial charge in [0.05, 0.1) is 6.42 Å². The number of piperidine rings is 1. The summed E-state index contributed by atoms with van der Waals surface area (Å²) in [5.41, 5.74) is 0. The summed E-state index contributed by atoms with van der Waals surface area (Å²) in [5, 5.41) is 14.1. The smallest absolute Gasteiger partial charge is 0.317 e. The average molecular weight is 255 g/mol.